The summed E-state index contributed by atoms with van der Waals surface area (Å²) in [5, 5.41) is 2.85. The zero-order valence-electron chi connectivity index (χ0n) is 17.5. The SMILES string of the molecule is COc1cccc(CN(CC2CCCO2)C(=O)CCNC(=O)Cc2ccccc2)c1. The predicted molar refractivity (Wildman–Crippen MR) is 115 cm³/mol. The van der Waals surface area contributed by atoms with Crippen molar-refractivity contribution in [3.05, 3.63) is 65.7 Å². The number of hydrogen-bond acceptors (Lipinski definition) is 4. The molecule has 30 heavy (non-hydrogen) atoms. The van der Waals surface area contributed by atoms with Crippen molar-refractivity contribution in [2.45, 2.75) is 38.3 Å². The summed E-state index contributed by atoms with van der Waals surface area (Å²) < 4.78 is 11.0. The second kappa shape index (κ2) is 11.4. The fourth-order valence-electron chi connectivity index (χ4n) is 3.59. The van der Waals surface area contributed by atoms with E-state index in [0.717, 1.165) is 36.3 Å². The Bertz CT molecular complexity index is 819. The van der Waals surface area contributed by atoms with Gasteiger partial charge in [-0.25, -0.2) is 0 Å². The number of benzene rings is 2. The van der Waals surface area contributed by atoms with Gasteiger partial charge in [-0.2, -0.15) is 0 Å². The molecule has 6 heteroatoms. The quantitative estimate of drug-likeness (QED) is 0.654. The summed E-state index contributed by atoms with van der Waals surface area (Å²) >= 11 is 0. The van der Waals surface area contributed by atoms with Crippen molar-refractivity contribution >= 4 is 11.8 Å². The van der Waals surface area contributed by atoms with E-state index >= 15 is 0 Å². The monoisotopic (exact) mass is 410 g/mol. The summed E-state index contributed by atoms with van der Waals surface area (Å²) in [6.45, 7) is 2.13. The molecule has 1 fully saturated rings. The second-order valence-corrected chi connectivity index (χ2v) is 7.52. The molecule has 1 atom stereocenters. The number of rotatable bonds is 10. The molecule has 0 spiro atoms. The van der Waals surface area contributed by atoms with Crippen LogP contribution in [0.4, 0.5) is 0 Å². The predicted octanol–water partition coefficient (Wildman–Crippen LogP) is 2.95. The number of hydrogen-bond donors (Lipinski definition) is 1. The van der Waals surface area contributed by atoms with Gasteiger partial charge < -0.3 is 19.7 Å². The molecular formula is C24H30N2O4. The van der Waals surface area contributed by atoms with Crippen LogP contribution in [-0.2, 0) is 27.3 Å². The highest BCUT2D eigenvalue weighted by molar-refractivity contribution is 5.80. The maximum Gasteiger partial charge on any atom is 0.224 e. The molecule has 2 aromatic carbocycles. The molecule has 1 saturated heterocycles. The smallest absolute Gasteiger partial charge is 0.224 e. The van der Waals surface area contributed by atoms with Gasteiger partial charge >= 0.3 is 0 Å². The molecule has 2 amide bonds. The highest BCUT2D eigenvalue weighted by Crippen LogP contribution is 2.18. The van der Waals surface area contributed by atoms with Crippen LogP contribution in [0.2, 0.25) is 0 Å². The average Bonchev–Trinajstić information content (AvgIpc) is 3.27. The van der Waals surface area contributed by atoms with E-state index in [1.165, 1.54) is 0 Å². The van der Waals surface area contributed by atoms with E-state index in [1.807, 2.05) is 59.5 Å². The lowest BCUT2D eigenvalue weighted by Crippen LogP contribution is -2.39. The van der Waals surface area contributed by atoms with Gasteiger partial charge in [0.05, 0.1) is 19.6 Å². The first-order valence-corrected chi connectivity index (χ1v) is 10.5. The van der Waals surface area contributed by atoms with Crippen LogP contribution in [0.5, 0.6) is 5.75 Å². The van der Waals surface area contributed by atoms with Crippen molar-refractivity contribution in [1.29, 1.82) is 0 Å². The lowest BCUT2D eigenvalue weighted by atomic mass is 10.1. The van der Waals surface area contributed by atoms with Crippen molar-refractivity contribution < 1.29 is 19.1 Å². The Balaban J connectivity index is 1.53. The van der Waals surface area contributed by atoms with E-state index in [9.17, 15) is 9.59 Å². The Kier molecular flexibility index (Phi) is 8.27. The molecular weight excluding hydrogens is 380 g/mol. The van der Waals surface area contributed by atoms with Gasteiger partial charge in [-0.05, 0) is 36.1 Å². The van der Waals surface area contributed by atoms with E-state index in [1.54, 1.807) is 7.11 Å². The van der Waals surface area contributed by atoms with E-state index in [-0.39, 0.29) is 24.3 Å². The third-order valence-corrected chi connectivity index (χ3v) is 5.18. The minimum Gasteiger partial charge on any atom is -0.497 e. The second-order valence-electron chi connectivity index (χ2n) is 7.52. The normalized spacial score (nSPS) is 15.6. The first-order chi connectivity index (χ1) is 14.6. The van der Waals surface area contributed by atoms with Crippen molar-refractivity contribution in [3.63, 3.8) is 0 Å². The van der Waals surface area contributed by atoms with E-state index in [2.05, 4.69) is 5.32 Å². The van der Waals surface area contributed by atoms with Gasteiger partial charge in [-0.15, -0.1) is 0 Å². The number of carbonyl (C=O) groups excluding carboxylic acids is 2. The van der Waals surface area contributed by atoms with Crippen LogP contribution >= 0.6 is 0 Å². The minimum absolute atomic E-state index is 0.00771. The van der Waals surface area contributed by atoms with Crippen LogP contribution < -0.4 is 10.1 Å². The number of amides is 2. The van der Waals surface area contributed by atoms with Gasteiger partial charge in [0.15, 0.2) is 0 Å². The third kappa shape index (κ3) is 6.88. The minimum atomic E-state index is -0.0764. The molecule has 2 aromatic rings. The molecule has 1 heterocycles. The average molecular weight is 411 g/mol. The summed E-state index contributed by atoms with van der Waals surface area (Å²) in [5.74, 6) is 0.700. The molecule has 0 saturated carbocycles. The Labute approximate surface area is 178 Å². The number of carbonyl (C=O) groups is 2. The summed E-state index contributed by atoms with van der Waals surface area (Å²) in [4.78, 5) is 26.9. The number of ether oxygens (including phenoxy) is 2. The molecule has 0 bridgehead atoms. The molecule has 6 nitrogen and oxygen atoms in total. The van der Waals surface area contributed by atoms with Crippen LogP contribution in [0.1, 0.15) is 30.4 Å². The summed E-state index contributed by atoms with van der Waals surface area (Å²) in [7, 11) is 1.63. The van der Waals surface area contributed by atoms with Crippen LogP contribution in [0, 0.1) is 0 Å². The molecule has 0 radical (unpaired) electrons. The summed E-state index contributed by atoms with van der Waals surface area (Å²) in [6.07, 6.45) is 2.65. The lowest BCUT2D eigenvalue weighted by molar-refractivity contribution is -0.133. The van der Waals surface area contributed by atoms with Crippen LogP contribution in [0.25, 0.3) is 0 Å². The van der Waals surface area contributed by atoms with Gasteiger partial charge in [0.25, 0.3) is 0 Å². The molecule has 1 unspecified atom stereocenters. The first-order valence-electron chi connectivity index (χ1n) is 10.5. The lowest BCUT2D eigenvalue weighted by Gasteiger charge is -2.26. The summed E-state index contributed by atoms with van der Waals surface area (Å²) in [5.41, 5.74) is 1.97. The first kappa shape index (κ1) is 21.8. The zero-order valence-corrected chi connectivity index (χ0v) is 17.5. The molecule has 0 aromatic heterocycles. The van der Waals surface area contributed by atoms with Crippen molar-refractivity contribution in [2.24, 2.45) is 0 Å². The molecule has 1 aliphatic rings. The zero-order chi connectivity index (χ0) is 21.2. The van der Waals surface area contributed by atoms with Gasteiger partial charge in [0.1, 0.15) is 5.75 Å². The van der Waals surface area contributed by atoms with E-state index in [4.69, 9.17) is 9.47 Å². The van der Waals surface area contributed by atoms with Crippen LogP contribution in [0.3, 0.4) is 0 Å². The van der Waals surface area contributed by atoms with Crippen LogP contribution in [0.15, 0.2) is 54.6 Å². The molecule has 3 rings (SSSR count). The van der Waals surface area contributed by atoms with Crippen molar-refractivity contribution in [2.75, 3.05) is 26.8 Å². The van der Waals surface area contributed by atoms with Gasteiger partial charge in [0.2, 0.25) is 11.8 Å². The Morgan fingerprint density at radius 1 is 1.13 bits per heavy atom. The molecule has 0 aliphatic carbocycles. The van der Waals surface area contributed by atoms with E-state index in [0.29, 0.717) is 26.1 Å². The fraction of sp³-hybridized carbons (Fsp3) is 0.417. The van der Waals surface area contributed by atoms with Crippen molar-refractivity contribution in [1.82, 2.24) is 10.2 Å². The Morgan fingerprint density at radius 2 is 1.93 bits per heavy atom. The molecule has 1 aliphatic heterocycles. The maximum atomic E-state index is 12.9. The maximum absolute atomic E-state index is 12.9. The van der Waals surface area contributed by atoms with Crippen LogP contribution in [-0.4, -0.2) is 49.6 Å². The highest BCUT2D eigenvalue weighted by atomic mass is 16.5. The topological polar surface area (TPSA) is 67.9 Å². The summed E-state index contributed by atoms with van der Waals surface area (Å²) in [6, 6.07) is 17.3. The highest BCUT2D eigenvalue weighted by Gasteiger charge is 2.23. The largest absolute Gasteiger partial charge is 0.497 e. The molecule has 1 N–H and O–H groups in total. The number of nitrogens with zero attached hydrogens (tertiary/aromatic N) is 1. The van der Waals surface area contributed by atoms with E-state index < -0.39 is 0 Å². The third-order valence-electron chi connectivity index (χ3n) is 5.18. The molecule has 160 valence electrons. The van der Waals surface area contributed by atoms with Gasteiger partial charge in [-0.1, -0.05) is 42.5 Å². The fourth-order valence-corrected chi connectivity index (χ4v) is 3.59. The Hall–Kier alpha value is -2.86. The van der Waals surface area contributed by atoms with Gasteiger partial charge in [0, 0.05) is 32.7 Å². The van der Waals surface area contributed by atoms with Gasteiger partial charge in [-0.3, -0.25) is 9.59 Å². The van der Waals surface area contributed by atoms with Crippen molar-refractivity contribution in [3.8, 4) is 5.75 Å². The number of methoxy groups -OCH3 is 1. The standard InChI is InChI=1S/C24H30N2O4/c1-29-21-10-5-9-20(15-21)17-26(18-22-11-6-14-30-22)24(28)12-13-25-23(27)16-19-7-3-2-4-8-19/h2-5,7-10,15,22H,6,11-14,16-18H2,1H3,(H,25,27). The Morgan fingerprint density at radius 3 is 2.67 bits per heavy atom. The number of nitrogens with one attached hydrogen (secondary N) is 1.